The third-order valence-corrected chi connectivity index (χ3v) is 5.51. The van der Waals surface area contributed by atoms with Crippen LogP contribution in [0.2, 0.25) is 0 Å². The zero-order chi connectivity index (χ0) is 18.3. The molecule has 4 aromatic rings. The van der Waals surface area contributed by atoms with Crippen molar-refractivity contribution in [2.75, 3.05) is 0 Å². The molecule has 0 saturated carbocycles. The van der Waals surface area contributed by atoms with Crippen LogP contribution in [0.3, 0.4) is 0 Å². The van der Waals surface area contributed by atoms with Crippen molar-refractivity contribution in [2.45, 2.75) is 33.6 Å². The maximum absolute atomic E-state index is 4.84. The number of rotatable bonds is 4. The molecular formula is C20H21N5S. The molecule has 0 bridgehead atoms. The summed E-state index contributed by atoms with van der Waals surface area (Å²) in [5.41, 5.74) is 7.36. The summed E-state index contributed by atoms with van der Waals surface area (Å²) >= 11 is 1.61. The molecule has 0 amide bonds. The van der Waals surface area contributed by atoms with Gasteiger partial charge in [0.1, 0.15) is 17.3 Å². The van der Waals surface area contributed by atoms with Crippen molar-refractivity contribution in [3.63, 3.8) is 0 Å². The number of benzene rings is 1. The topological polar surface area (TPSA) is 56.5 Å². The van der Waals surface area contributed by atoms with Crippen LogP contribution < -0.4 is 0 Å². The number of thiazole rings is 1. The van der Waals surface area contributed by atoms with Gasteiger partial charge in [-0.05, 0) is 31.9 Å². The summed E-state index contributed by atoms with van der Waals surface area (Å²) in [4.78, 5) is 19.6. The first-order valence-electron chi connectivity index (χ1n) is 8.67. The average Bonchev–Trinajstić information content (AvgIpc) is 3.26. The molecule has 0 aliphatic rings. The lowest BCUT2D eigenvalue weighted by Gasteiger charge is -2.10. The Labute approximate surface area is 156 Å². The van der Waals surface area contributed by atoms with Crippen LogP contribution in [0.1, 0.15) is 28.5 Å². The zero-order valence-electron chi connectivity index (χ0n) is 15.4. The lowest BCUT2D eigenvalue weighted by atomic mass is 10.0. The molecule has 0 atom stereocenters. The summed E-state index contributed by atoms with van der Waals surface area (Å²) in [7, 11) is 2.03. The van der Waals surface area contributed by atoms with E-state index >= 15 is 0 Å². The second-order valence-corrected chi connectivity index (χ2v) is 7.55. The van der Waals surface area contributed by atoms with Crippen molar-refractivity contribution in [1.82, 2.24) is 24.5 Å². The smallest absolute Gasteiger partial charge is 0.129 e. The van der Waals surface area contributed by atoms with Crippen LogP contribution >= 0.6 is 11.3 Å². The van der Waals surface area contributed by atoms with Crippen molar-refractivity contribution in [3.05, 3.63) is 58.5 Å². The van der Waals surface area contributed by atoms with Gasteiger partial charge in [0.25, 0.3) is 0 Å². The highest BCUT2D eigenvalue weighted by Crippen LogP contribution is 2.24. The van der Waals surface area contributed by atoms with E-state index < -0.39 is 0 Å². The minimum Gasteiger partial charge on any atom is -0.337 e. The highest BCUT2D eigenvalue weighted by atomic mass is 32.1. The molecular weight excluding hydrogens is 342 g/mol. The maximum Gasteiger partial charge on any atom is 0.129 e. The fourth-order valence-corrected chi connectivity index (χ4v) is 3.91. The molecule has 0 unspecified atom stereocenters. The fraction of sp³-hybridized carbons (Fsp3) is 0.300. The van der Waals surface area contributed by atoms with Gasteiger partial charge in [0.05, 0.1) is 15.9 Å². The Morgan fingerprint density at radius 3 is 2.58 bits per heavy atom. The zero-order valence-corrected chi connectivity index (χ0v) is 16.3. The number of nitrogens with zero attached hydrogens (tertiary/aromatic N) is 5. The monoisotopic (exact) mass is 363 g/mol. The van der Waals surface area contributed by atoms with Gasteiger partial charge in [0, 0.05) is 43.4 Å². The summed E-state index contributed by atoms with van der Waals surface area (Å²) in [6.07, 6.45) is 5.50. The average molecular weight is 363 g/mol. The van der Waals surface area contributed by atoms with Gasteiger partial charge < -0.3 is 4.57 Å². The number of aromatic nitrogens is 5. The molecule has 0 saturated heterocycles. The van der Waals surface area contributed by atoms with E-state index in [2.05, 4.69) is 48.7 Å². The highest BCUT2D eigenvalue weighted by molar-refractivity contribution is 7.13. The Bertz CT molecular complexity index is 1080. The minimum atomic E-state index is 0.775. The predicted molar refractivity (Wildman–Crippen MR) is 105 cm³/mol. The van der Waals surface area contributed by atoms with Crippen molar-refractivity contribution >= 4 is 22.2 Å². The molecule has 0 radical (unpaired) electrons. The van der Waals surface area contributed by atoms with Crippen LogP contribution in [0.25, 0.3) is 21.5 Å². The number of imidazole rings is 1. The Balaban J connectivity index is 1.62. The minimum absolute atomic E-state index is 0.775. The lowest BCUT2D eigenvalue weighted by Crippen LogP contribution is -2.05. The molecule has 132 valence electrons. The number of hydrogen-bond acceptors (Lipinski definition) is 5. The summed E-state index contributed by atoms with van der Waals surface area (Å²) in [5, 5.41) is 1.18. The normalized spacial score (nSPS) is 11.4. The van der Waals surface area contributed by atoms with Gasteiger partial charge in [-0.25, -0.2) is 15.0 Å². The molecule has 6 heteroatoms. The third kappa shape index (κ3) is 3.01. The first-order chi connectivity index (χ1) is 12.5. The van der Waals surface area contributed by atoms with Crippen molar-refractivity contribution < 1.29 is 0 Å². The molecule has 0 N–H and O–H groups in total. The van der Waals surface area contributed by atoms with E-state index in [1.807, 2.05) is 18.8 Å². The quantitative estimate of drug-likeness (QED) is 0.545. The molecule has 3 heterocycles. The predicted octanol–water partition coefficient (Wildman–Crippen LogP) is 4.20. The van der Waals surface area contributed by atoms with E-state index in [-0.39, 0.29) is 0 Å². The van der Waals surface area contributed by atoms with Gasteiger partial charge in [0.2, 0.25) is 0 Å². The van der Waals surface area contributed by atoms with E-state index in [0.717, 1.165) is 46.3 Å². The van der Waals surface area contributed by atoms with Gasteiger partial charge in [-0.15, -0.1) is 11.3 Å². The van der Waals surface area contributed by atoms with Gasteiger partial charge >= 0.3 is 0 Å². The molecule has 0 fully saturated rings. The van der Waals surface area contributed by atoms with Crippen LogP contribution in [0.15, 0.2) is 30.0 Å². The van der Waals surface area contributed by atoms with Crippen LogP contribution in [-0.4, -0.2) is 24.5 Å². The van der Waals surface area contributed by atoms with Gasteiger partial charge in [-0.1, -0.05) is 12.1 Å². The molecule has 3 aromatic heterocycles. The van der Waals surface area contributed by atoms with Crippen molar-refractivity contribution in [2.24, 2.45) is 7.05 Å². The van der Waals surface area contributed by atoms with Crippen LogP contribution in [-0.2, 0) is 19.9 Å². The molecule has 26 heavy (non-hydrogen) atoms. The van der Waals surface area contributed by atoms with Crippen molar-refractivity contribution in [1.29, 1.82) is 0 Å². The number of hydrogen-bond donors (Lipinski definition) is 0. The van der Waals surface area contributed by atoms with Gasteiger partial charge in [0.15, 0.2) is 0 Å². The summed E-state index contributed by atoms with van der Waals surface area (Å²) in [6, 6.07) is 4.27. The van der Waals surface area contributed by atoms with E-state index in [0.29, 0.717) is 0 Å². The number of aryl methyl sites for hydroxylation is 6. The SMILES string of the molecule is Cc1ccc(C)c2c(C)nc(CCc3nc(-c4cncs4)cn3C)nc12. The van der Waals surface area contributed by atoms with E-state index in [1.165, 1.54) is 16.5 Å². The standard InChI is InChI=1S/C20H21N5S/c1-12-5-6-13(2)20-19(12)14(3)22-17(24-20)7-8-18-23-15(10-25(18)4)16-9-21-11-26-16/h5-6,9-11H,7-8H2,1-4H3. The molecule has 4 rings (SSSR count). The van der Waals surface area contributed by atoms with Gasteiger partial charge in [-0.3, -0.25) is 4.98 Å². The van der Waals surface area contributed by atoms with Crippen LogP contribution in [0.5, 0.6) is 0 Å². The lowest BCUT2D eigenvalue weighted by molar-refractivity contribution is 0.748. The molecule has 0 aliphatic carbocycles. The Morgan fingerprint density at radius 2 is 1.81 bits per heavy atom. The van der Waals surface area contributed by atoms with Crippen LogP contribution in [0.4, 0.5) is 0 Å². The van der Waals surface area contributed by atoms with Crippen LogP contribution in [0, 0.1) is 20.8 Å². The molecule has 5 nitrogen and oxygen atoms in total. The van der Waals surface area contributed by atoms with E-state index in [1.54, 1.807) is 11.3 Å². The second-order valence-electron chi connectivity index (χ2n) is 6.67. The largest absolute Gasteiger partial charge is 0.337 e. The summed E-state index contributed by atoms with van der Waals surface area (Å²) < 4.78 is 2.08. The van der Waals surface area contributed by atoms with Gasteiger partial charge in [-0.2, -0.15) is 0 Å². The third-order valence-electron chi connectivity index (χ3n) is 4.72. The summed E-state index contributed by atoms with van der Waals surface area (Å²) in [6.45, 7) is 6.30. The molecule has 0 aliphatic heterocycles. The van der Waals surface area contributed by atoms with E-state index in [9.17, 15) is 0 Å². The fourth-order valence-electron chi connectivity index (χ4n) is 3.33. The second kappa shape index (κ2) is 6.61. The molecule has 0 spiro atoms. The Morgan fingerprint density at radius 1 is 1.00 bits per heavy atom. The Hall–Kier alpha value is -2.60. The first-order valence-corrected chi connectivity index (χ1v) is 9.55. The molecule has 1 aromatic carbocycles. The first kappa shape index (κ1) is 16.8. The Kier molecular flexibility index (Phi) is 4.28. The highest BCUT2D eigenvalue weighted by Gasteiger charge is 2.12. The van der Waals surface area contributed by atoms with E-state index in [4.69, 9.17) is 15.0 Å². The summed E-state index contributed by atoms with van der Waals surface area (Å²) in [5.74, 6) is 1.92. The number of fused-ring (bicyclic) bond motifs is 1. The maximum atomic E-state index is 4.84. The van der Waals surface area contributed by atoms with Crippen molar-refractivity contribution in [3.8, 4) is 10.6 Å².